The third-order valence-electron chi connectivity index (χ3n) is 8.46. The van der Waals surface area contributed by atoms with Gasteiger partial charge in [-0.15, -0.1) is 0 Å². The molecule has 2 fully saturated rings. The summed E-state index contributed by atoms with van der Waals surface area (Å²) in [6, 6.07) is 6.38. The number of amides is 1. The number of hydrogen-bond donors (Lipinski definition) is 3. The molecule has 1 aliphatic heterocycles. The maximum absolute atomic E-state index is 14.1. The van der Waals surface area contributed by atoms with E-state index in [1.54, 1.807) is 19.2 Å². The van der Waals surface area contributed by atoms with Crippen molar-refractivity contribution in [1.82, 2.24) is 10.2 Å². The lowest BCUT2D eigenvalue weighted by atomic mass is 9.74. The van der Waals surface area contributed by atoms with Crippen LogP contribution >= 0.6 is 0 Å². The van der Waals surface area contributed by atoms with Crippen molar-refractivity contribution >= 4 is 5.91 Å². The fourth-order valence-corrected chi connectivity index (χ4v) is 6.25. The second kappa shape index (κ2) is 13.8. The number of ether oxygens (including phenoxy) is 1. The van der Waals surface area contributed by atoms with Gasteiger partial charge in [-0.05, 0) is 82.5 Å². The number of methoxy groups -OCH3 is 1. The molecule has 1 amide bonds. The molecule has 1 aromatic carbocycles. The number of rotatable bonds is 13. The van der Waals surface area contributed by atoms with Crippen molar-refractivity contribution in [2.24, 2.45) is 5.92 Å². The predicted octanol–water partition coefficient (Wildman–Crippen LogP) is 4.52. The van der Waals surface area contributed by atoms with Gasteiger partial charge in [-0.3, -0.25) is 4.79 Å². The minimum Gasteiger partial charge on any atom is -0.390 e. The fraction of sp³-hybridized carbons (Fsp3) is 0.759. The van der Waals surface area contributed by atoms with Gasteiger partial charge in [-0.1, -0.05) is 31.4 Å². The summed E-state index contributed by atoms with van der Waals surface area (Å²) >= 11 is 0. The first kappa shape index (κ1) is 29.0. The number of nitrogens with one attached hydrogen (secondary N) is 1. The lowest BCUT2D eigenvalue weighted by Gasteiger charge is -2.43. The van der Waals surface area contributed by atoms with Crippen LogP contribution in [0.1, 0.15) is 89.0 Å². The Labute approximate surface area is 216 Å². The van der Waals surface area contributed by atoms with E-state index in [2.05, 4.69) is 5.32 Å². The molecule has 0 aromatic heterocycles. The molecular formula is C29H47FN2O4. The van der Waals surface area contributed by atoms with Crippen molar-refractivity contribution in [3.63, 3.8) is 0 Å². The lowest BCUT2D eigenvalue weighted by molar-refractivity contribution is -0.137. The molecule has 2 aliphatic rings. The van der Waals surface area contributed by atoms with Crippen molar-refractivity contribution in [1.29, 1.82) is 0 Å². The minimum atomic E-state index is -1.19. The Morgan fingerprint density at radius 3 is 2.75 bits per heavy atom. The van der Waals surface area contributed by atoms with Gasteiger partial charge in [0, 0.05) is 45.2 Å². The Kier molecular flexibility index (Phi) is 11.2. The molecule has 6 nitrogen and oxygen atoms in total. The molecule has 1 aromatic rings. The average molecular weight is 507 g/mol. The third-order valence-corrected chi connectivity index (χ3v) is 8.46. The number of hydrogen-bond acceptors (Lipinski definition) is 5. The zero-order chi connectivity index (χ0) is 26.0. The maximum atomic E-state index is 14.1. The van der Waals surface area contributed by atoms with Crippen molar-refractivity contribution in [3.05, 3.63) is 35.6 Å². The predicted molar refractivity (Wildman–Crippen MR) is 140 cm³/mol. The molecule has 1 saturated carbocycles. The summed E-state index contributed by atoms with van der Waals surface area (Å²) in [5.41, 5.74) is -1.21. The molecule has 0 bridgehead atoms. The summed E-state index contributed by atoms with van der Waals surface area (Å²) in [4.78, 5) is 15.1. The highest BCUT2D eigenvalue weighted by Gasteiger charge is 2.41. The Morgan fingerprint density at radius 2 is 2.06 bits per heavy atom. The molecule has 0 radical (unpaired) electrons. The molecule has 7 heteroatoms. The second-order valence-corrected chi connectivity index (χ2v) is 11.1. The number of benzene rings is 1. The first-order valence-corrected chi connectivity index (χ1v) is 13.9. The number of carbonyl (C=O) groups is 1. The number of carbonyl (C=O) groups excluding carboxylic acids is 1. The molecular weight excluding hydrogens is 459 g/mol. The quantitative estimate of drug-likeness (QED) is 0.343. The standard InChI is InChI=1S/C29H47FN2O4/c1-31-26(21-28(34)15-4-3-5-16-28)13-14-27(33)32-18-9-11-24(22-32)29(35,17-6-7-19-36-2)23-10-8-12-25(30)20-23/h8,10,12,20,24,26,31,34-35H,3-7,9,11,13-19,21-22H2,1-2H3/t24-,26-,29-/m1/s1. The van der Waals surface area contributed by atoms with E-state index in [4.69, 9.17) is 4.74 Å². The highest BCUT2D eigenvalue weighted by Crippen LogP contribution is 2.40. The monoisotopic (exact) mass is 506 g/mol. The van der Waals surface area contributed by atoms with Crippen molar-refractivity contribution in [3.8, 4) is 0 Å². The molecule has 0 spiro atoms. The van der Waals surface area contributed by atoms with E-state index in [0.29, 0.717) is 50.9 Å². The van der Waals surface area contributed by atoms with E-state index in [1.165, 1.54) is 18.6 Å². The maximum Gasteiger partial charge on any atom is 0.222 e. The van der Waals surface area contributed by atoms with Crippen molar-refractivity contribution in [2.45, 2.75) is 101 Å². The van der Waals surface area contributed by atoms with Gasteiger partial charge in [0.25, 0.3) is 0 Å². The fourth-order valence-electron chi connectivity index (χ4n) is 6.25. The Balaban J connectivity index is 1.62. The van der Waals surface area contributed by atoms with Gasteiger partial charge in [-0.2, -0.15) is 0 Å². The van der Waals surface area contributed by atoms with Crippen molar-refractivity contribution < 1.29 is 24.1 Å². The van der Waals surface area contributed by atoms with Crippen LogP contribution in [0, 0.1) is 11.7 Å². The summed E-state index contributed by atoms with van der Waals surface area (Å²) in [6.07, 6.45) is 10.5. The summed E-state index contributed by atoms with van der Waals surface area (Å²) in [5.74, 6) is -0.413. The molecule has 1 saturated heterocycles. The van der Waals surface area contributed by atoms with Crippen LogP contribution in [0.5, 0.6) is 0 Å². The van der Waals surface area contributed by atoms with Gasteiger partial charge in [0.1, 0.15) is 5.82 Å². The van der Waals surface area contributed by atoms with E-state index >= 15 is 0 Å². The molecule has 3 rings (SSSR count). The van der Waals surface area contributed by atoms with Crippen LogP contribution in [0.15, 0.2) is 24.3 Å². The van der Waals surface area contributed by atoms with E-state index in [1.807, 2.05) is 11.9 Å². The normalized spacial score (nSPS) is 22.7. The van der Waals surface area contributed by atoms with E-state index in [9.17, 15) is 19.4 Å². The molecule has 36 heavy (non-hydrogen) atoms. The van der Waals surface area contributed by atoms with Crippen LogP contribution in [-0.2, 0) is 15.1 Å². The van der Waals surface area contributed by atoms with Gasteiger partial charge in [0.05, 0.1) is 11.2 Å². The topological polar surface area (TPSA) is 82.0 Å². The van der Waals surface area contributed by atoms with Gasteiger partial charge in [0.2, 0.25) is 5.91 Å². The summed E-state index contributed by atoms with van der Waals surface area (Å²) < 4.78 is 19.3. The smallest absolute Gasteiger partial charge is 0.222 e. The van der Waals surface area contributed by atoms with Gasteiger partial charge >= 0.3 is 0 Å². The number of piperidine rings is 1. The van der Waals surface area contributed by atoms with Crippen LogP contribution in [-0.4, -0.2) is 66.5 Å². The highest BCUT2D eigenvalue weighted by molar-refractivity contribution is 5.76. The Morgan fingerprint density at radius 1 is 1.28 bits per heavy atom. The number of aliphatic hydroxyl groups is 2. The lowest BCUT2D eigenvalue weighted by Crippen LogP contribution is -2.48. The largest absolute Gasteiger partial charge is 0.390 e. The van der Waals surface area contributed by atoms with Gasteiger partial charge in [-0.25, -0.2) is 4.39 Å². The van der Waals surface area contributed by atoms with Crippen LogP contribution < -0.4 is 5.32 Å². The molecule has 1 aliphatic carbocycles. The van der Waals surface area contributed by atoms with Crippen LogP contribution in [0.4, 0.5) is 4.39 Å². The highest BCUT2D eigenvalue weighted by atomic mass is 19.1. The SMILES string of the molecule is CN[C@H](CCC(=O)N1CCC[C@@H]([C@@](O)(CCCCOC)c2cccc(F)c2)C1)CC1(O)CCCCC1. The first-order valence-electron chi connectivity index (χ1n) is 13.9. The molecule has 3 atom stereocenters. The minimum absolute atomic E-state index is 0.0940. The summed E-state index contributed by atoms with van der Waals surface area (Å²) in [7, 11) is 3.57. The molecule has 1 heterocycles. The zero-order valence-electron chi connectivity index (χ0n) is 22.3. The van der Waals surface area contributed by atoms with E-state index < -0.39 is 11.2 Å². The summed E-state index contributed by atoms with van der Waals surface area (Å²) in [6.45, 7) is 1.78. The number of unbranched alkanes of at least 4 members (excludes halogenated alkanes) is 1. The molecule has 3 N–H and O–H groups in total. The molecule has 0 unspecified atom stereocenters. The first-order chi connectivity index (χ1) is 17.3. The van der Waals surface area contributed by atoms with Crippen LogP contribution in [0.3, 0.4) is 0 Å². The zero-order valence-corrected chi connectivity index (χ0v) is 22.3. The second-order valence-electron chi connectivity index (χ2n) is 11.1. The van der Waals surface area contributed by atoms with E-state index in [0.717, 1.165) is 51.4 Å². The van der Waals surface area contributed by atoms with Gasteiger partial charge in [0.15, 0.2) is 0 Å². The number of likely N-dealkylation sites (tertiary alicyclic amines) is 1. The Hall–Kier alpha value is -1.54. The molecule has 204 valence electrons. The summed E-state index contributed by atoms with van der Waals surface area (Å²) in [5, 5.41) is 26.2. The number of nitrogens with zero attached hydrogens (tertiary/aromatic N) is 1. The van der Waals surface area contributed by atoms with Crippen LogP contribution in [0.25, 0.3) is 0 Å². The number of halogens is 1. The average Bonchev–Trinajstić information content (AvgIpc) is 2.89. The third kappa shape index (κ3) is 7.98. The van der Waals surface area contributed by atoms with E-state index in [-0.39, 0.29) is 23.7 Å². The Bertz CT molecular complexity index is 816. The van der Waals surface area contributed by atoms with Crippen LogP contribution in [0.2, 0.25) is 0 Å². The van der Waals surface area contributed by atoms with Gasteiger partial charge < -0.3 is 25.2 Å². The van der Waals surface area contributed by atoms with Crippen molar-refractivity contribution in [2.75, 3.05) is 33.9 Å².